The Balaban J connectivity index is 2.12. The number of hydrogen-bond acceptors (Lipinski definition) is 3. The number of carbonyl (C=O) groups excluding carboxylic acids is 1. The zero-order valence-corrected chi connectivity index (χ0v) is 11.1. The van der Waals surface area contributed by atoms with Crippen molar-refractivity contribution in [1.29, 1.82) is 0 Å². The van der Waals surface area contributed by atoms with Gasteiger partial charge >= 0.3 is 5.97 Å². The third-order valence-corrected chi connectivity index (χ3v) is 3.32. The molecule has 0 saturated heterocycles. The molecular formula is C17H14O3. The van der Waals surface area contributed by atoms with Crippen molar-refractivity contribution in [2.24, 2.45) is 0 Å². The lowest BCUT2D eigenvalue weighted by Gasteiger charge is -2.03. The van der Waals surface area contributed by atoms with Crippen LogP contribution in [0.15, 0.2) is 59.2 Å². The van der Waals surface area contributed by atoms with Gasteiger partial charge in [-0.25, -0.2) is 0 Å². The molecule has 0 amide bonds. The molecule has 1 heterocycles. The first-order chi connectivity index (χ1) is 9.79. The van der Waals surface area contributed by atoms with Crippen molar-refractivity contribution in [3.05, 3.63) is 60.4 Å². The van der Waals surface area contributed by atoms with E-state index in [4.69, 9.17) is 9.15 Å². The second kappa shape index (κ2) is 5.21. The summed E-state index contributed by atoms with van der Waals surface area (Å²) in [7, 11) is 1.39. The van der Waals surface area contributed by atoms with E-state index in [1.807, 2.05) is 48.5 Å². The van der Waals surface area contributed by atoms with E-state index in [9.17, 15) is 4.79 Å². The first-order valence-corrected chi connectivity index (χ1v) is 6.41. The average Bonchev–Trinajstić information content (AvgIpc) is 2.87. The smallest absolute Gasteiger partial charge is 0.310 e. The first-order valence-electron chi connectivity index (χ1n) is 6.41. The first kappa shape index (κ1) is 12.5. The predicted octanol–water partition coefficient (Wildman–Crippen LogP) is 3.77. The van der Waals surface area contributed by atoms with Crippen LogP contribution in [0.1, 0.15) is 5.56 Å². The Hall–Kier alpha value is -2.55. The van der Waals surface area contributed by atoms with Crippen molar-refractivity contribution in [3.8, 4) is 22.5 Å². The number of fused-ring (bicyclic) bond motifs is 1. The quantitative estimate of drug-likeness (QED) is 0.677. The van der Waals surface area contributed by atoms with Crippen LogP contribution in [0.2, 0.25) is 0 Å². The number of benzene rings is 1. The van der Waals surface area contributed by atoms with Gasteiger partial charge in [0.05, 0.1) is 19.8 Å². The Morgan fingerprint density at radius 2 is 1.90 bits per heavy atom. The van der Waals surface area contributed by atoms with Gasteiger partial charge in [-0.1, -0.05) is 30.3 Å². The van der Waals surface area contributed by atoms with Crippen molar-refractivity contribution in [2.75, 3.05) is 7.11 Å². The molecule has 0 saturated carbocycles. The van der Waals surface area contributed by atoms with Crippen LogP contribution in [0.3, 0.4) is 0 Å². The Kier molecular flexibility index (Phi) is 3.25. The van der Waals surface area contributed by atoms with Gasteiger partial charge in [0.25, 0.3) is 0 Å². The molecule has 0 fully saturated rings. The van der Waals surface area contributed by atoms with Crippen LogP contribution in [-0.4, -0.2) is 13.1 Å². The Bertz CT molecular complexity index is 698. The molecular weight excluding hydrogens is 252 g/mol. The fourth-order valence-electron chi connectivity index (χ4n) is 2.38. The number of methoxy groups -OCH3 is 1. The lowest BCUT2D eigenvalue weighted by atomic mass is 10.0. The largest absolute Gasteiger partial charge is 0.469 e. The second-order valence-electron chi connectivity index (χ2n) is 4.56. The molecule has 1 aliphatic heterocycles. The summed E-state index contributed by atoms with van der Waals surface area (Å²) in [6.07, 6.45) is 1.84. The molecule has 3 heteroatoms. The highest BCUT2D eigenvalue weighted by Crippen LogP contribution is 2.39. The number of rotatable bonds is 3. The third kappa shape index (κ3) is 2.18. The topological polar surface area (TPSA) is 39.4 Å². The maximum absolute atomic E-state index is 11.5. The molecule has 0 atom stereocenters. The zero-order valence-electron chi connectivity index (χ0n) is 11.1. The van der Waals surface area contributed by atoms with Crippen LogP contribution < -0.4 is 0 Å². The number of carbonyl (C=O) groups is 1. The van der Waals surface area contributed by atoms with Crippen LogP contribution >= 0.6 is 0 Å². The Morgan fingerprint density at radius 1 is 1.10 bits per heavy atom. The van der Waals surface area contributed by atoms with Gasteiger partial charge < -0.3 is 9.15 Å². The Labute approximate surface area is 117 Å². The van der Waals surface area contributed by atoms with Gasteiger partial charge in [-0.05, 0) is 29.3 Å². The van der Waals surface area contributed by atoms with Crippen molar-refractivity contribution in [1.82, 2.24) is 0 Å². The van der Waals surface area contributed by atoms with Gasteiger partial charge in [0, 0.05) is 11.1 Å². The molecule has 3 rings (SSSR count). The van der Waals surface area contributed by atoms with Gasteiger partial charge in [0.1, 0.15) is 5.76 Å². The van der Waals surface area contributed by atoms with Gasteiger partial charge in [-0.15, -0.1) is 0 Å². The lowest BCUT2D eigenvalue weighted by Crippen LogP contribution is -2.04. The molecule has 0 N–H and O–H groups in total. The van der Waals surface area contributed by atoms with Crippen LogP contribution in [0, 0.1) is 0 Å². The molecule has 2 aliphatic rings. The van der Waals surface area contributed by atoms with Crippen molar-refractivity contribution >= 4 is 5.97 Å². The van der Waals surface area contributed by atoms with Gasteiger partial charge in [0.15, 0.2) is 0 Å². The van der Waals surface area contributed by atoms with Gasteiger partial charge in [0.2, 0.25) is 0 Å². The molecule has 0 bridgehead atoms. The van der Waals surface area contributed by atoms with Gasteiger partial charge in [-0.2, -0.15) is 0 Å². The molecule has 1 aromatic rings. The molecule has 100 valence electrons. The summed E-state index contributed by atoms with van der Waals surface area (Å²) in [4.78, 5) is 11.5. The fraction of sp³-hybridized carbons (Fsp3) is 0.118. The van der Waals surface area contributed by atoms with E-state index in [0.717, 1.165) is 28.0 Å². The zero-order chi connectivity index (χ0) is 13.9. The SMILES string of the molecule is COC(=O)Cc1cc(-c2ccccc2)c2cccoc1-2. The van der Waals surface area contributed by atoms with Crippen molar-refractivity contribution in [3.63, 3.8) is 0 Å². The predicted molar refractivity (Wildman–Crippen MR) is 76.5 cm³/mol. The average molecular weight is 266 g/mol. The number of hydrogen-bond donors (Lipinski definition) is 0. The van der Waals surface area contributed by atoms with Crippen LogP contribution in [0.4, 0.5) is 0 Å². The summed E-state index contributed by atoms with van der Waals surface area (Å²) >= 11 is 0. The molecule has 20 heavy (non-hydrogen) atoms. The van der Waals surface area contributed by atoms with E-state index in [2.05, 4.69) is 0 Å². The van der Waals surface area contributed by atoms with Gasteiger partial charge in [-0.3, -0.25) is 4.79 Å². The maximum atomic E-state index is 11.5. The van der Waals surface area contributed by atoms with E-state index in [-0.39, 0.29) is 12.4 Å². The highest BCUT2D eigenvalue weighted by molar-refractivity contribution is 5.88. The Morgan fingerprint density at radius 3 is 2.65 bits per heavy atom. The summed E-state index contributed by atoms with van der Waals surface area (Å²) < 4.78 is 10.3. The third-order valence-electron chi connectivity index (χ3n) is 3.32. The molecule has 1 aliphatic carbocycles. The molecule has 0 radical (unpaired) electrons. The van der Waals surface area contributed by atoms with E-state index in [1.165, 1.54) is 7.11 Å². The molecule has 0 spiro atoms. The summed E-state index contributed by atoms with van der Waals surface area (Å²) in [6.45, 7) is 0. The normalized spacial score (nSPS) is 10.7. The molecule has 0 aromatic heterocycles. The van der Waals surface area contributed by atoms with Crippen LogP contribution in [-0.2, 0) is 16.0 Å². The second-order valence-corrected chi connectivity index (χ2v) is 4.56. The monoisotopic (exact) mass is 266 g/mol. The minimum absolute atomic E-state index is 0.216. The highest BCUT2D eigenvalue weighted by atomic mass is 16.5. The minimum Gasteiger partial charge on any atom is -0.469 e. The summed E-state index contributed by atoms with van der Waals surface area (Å²) in [5.74, 6) is 0.479. The fourth-order valence-corrected chi connectivity index (χ4v) is 2.38. The highest BCUT2D eigenvalue weighted by Gasteiger charge is 2.20. The number of esters is 1. The molecule has 0 unspecified atom stereocenters. The molecule has 1 aromatic carbocycles. The minimum atomic E-state index is -0.268. The number of ether oxygens (including phenoxy) is 1. The standard InChI is InChI=1S/C17H14O3/c1-19-16(18)11-13-10-15(12-6-3-2-4-7-12)14-8-5-9-20-17(13)14/h2-10H,11H2,1H3. The van der Waals surface area contributed by atoms with Crippen LogP contribution in [0.5, 0.6) is 0 Å². The molecule has 3 nitrogen and oxygen atoms in total. The summed E-state index contributed by atoms with van der Waals surface area (Å²) in [5, 5.41) is 0. The van der Waals surface area contributed by atoms with E-state index in [0.29, 0.717) is 0 Å². The maximum Gasteiger partial charge on any atom is 0.310 e. The lowest BCUT2D eigenvalue weighted by molar-refractivity contribution is -0.139. The summed E-state index contributed by atoms with van der Waals surface area (Å²) in [5.41, 5.74) is 4.04. The van der Waals surface area contributed by atoms with E-state index >= 15 is 0 Å². The van der Waals surface area contributed by atoms with Crippen LogP contribution in [0.25, 0.3) is 22.5 Å². The van der Waals surface area contributed by atoms with E-state index < -0.39 is 0 Å². The summed E-state index contributed by atoms with van der Waals surface area (Å²) in [6, 6.07) is 15.9. The van der Waals surface area contributed by atoms with Crippen molar-refractivity contribution in [2.45, 2.75) is 6.42 Å². The van der Waals surface area contributed by atoms with E-state index in [1.54, 1.807) is 6.26 Å². The van der Waals surface area contributed by atoms with Crippen molar-refractivity contribution < 1.29 is 13.9 Å².